The predicted molar refractivity (Wildman–Crippen MR) is 85.4 cm³/mol. The van der Waals surface area contributed by atoms with Crippen LogP contribution in [0, 0.1) is 0 Å². The predicted octanol–water partition coefficient (Wildman–Crippen LogP) is 1.59. The van der Waals surface area contributed by atoms with Crippen molar-refractivity contribution in [2.24, 2.45) is 0 Å². The van der Waals surface area contributed by atoms with Gasteiger partial charge in [0.15, 0.2) is 5.82 Å². The first-order chi connectivity index (χ1) is 10.2. The number of imidazole rings is 1. The molecule has 5 nitrogen and oxygen atoms in total. The molecule has 1 aliphatic heterocycles. The van der Waals surface area contributed by atoms with Crippen LogP contribution in [0.15, 0.2) is 6.20 Å². The van der Waals surface area contributed by atoms with Gasteiger partial charge in [0.05, 0.1) is 37.3 Å². The summed E-state index contributed by atoms with van der Waals surface area (Å²) >= 11 is 0. The van der Waals surface area contributed by atoms with Crippen LogP contribution in [0.2, 0.25) is 0 Å². The molecule has 2 heterocycles. The summed E-state index contributed by atoms with van der Waals surface area (Å²) in [4.78, 5) is 7.67. The van der Waals surface area contributed by atoms with Gasteiger partial charge in [0.25, 0.3) is 0 Å². The second-order valence-electron chi connectivity index (χ2n) is 5.30. The van der Waals surface area contributed by atoms with Crippen LogP contribution in [0.5, 0.6) is 0 Å². The molecule has 21 heavy (non-hydrogen) atoms. The fourth-order valence-electron chi connectivity index (χ4n) is 2.40. The quantitative estimate of drug-likeness (QED) is 0.556. The van der Waals surface area contributed by atoms with Crippen LogP contribution < -0.4 is 0 Å². The Morgan fingerprint density at radius 1 is 1.48 bits per heavy atom. The van der Waals surface area contributed by atoms with Gasteiger partial charge >= 0.3 is 0 Å². The Hall–Kier alpha value is -0.983. The SMILES string of the molecule is CCCCOC[C@@H]1CC[C@H](c2cnc(C(=[SiH2])OCC)[nH]2)O1. The summed E-state index contributed by atoms with van der Waals surface area (Å²) in [5.74, 6) is 0.802. The summed E-state index contributed by atoms with van der Waals surface area (Å²) in [7, 11) is 1.71. The van der Waals surface area contributed by atoms with Crippen LogP contribution in [0.4, 0.5) is 0 Å². The minimum absolute atomic E-state index is 0.101. The lowest BCUT2D eigenvalue weighted by Crippen LogP contribution is -2.15. The molecule has 0 saturated carbocycles. The van der Waals surface area contributed by atoms with Crippen LogP contribution in [0.1, 0.15) is 57.2 Å². The molecule has 6 heteroatoms. The van der Waals surface area contributed by atoms with Crippen molar-refractivity contribution in [1.29, 1.82) is 0 Å². The normalized spacial score (nSPS) is 21.6. The molecular formula is C15H26N2O3Si. The molecule has 0 amide bonds. The first-order valence-corrected chi connectivity index (χ1v) is 8.55. The van der Waals surface area contributed by atoms with E-state index >= 15 is 0 Å². The van der Waals surface area contributed by atoms with Crippen molar-refractivity contribution in [3.05, 3.63) is 17.7 Å². The van der Waals surface area contributed by atoms with Gasteiger partial charge in [-0.2, -0.15) is 0 Å². The number of aromatic nitrogens is 2. The monoisotopic (exact) mass is 310 g/mol. The highest BCUT2D eigenvalue weighted by atomic mass is 28.1. The summed E-state index contributed by atoms with van der Waals surface area (Å²) in [6.07, 6.45) is 6.50. The number of ether oxygens (including phenoxy) is 3. The van der Waals surface area contributed by atoms with Crippen LogP contribution in [0.25, 0.3) is 0 Å². The molecule has 1 N–H and O–H groups in total. The average molecular weight is 310 g/mol. The Labute approximate surface area is 129 Å². The molecule has 1 saturated heterocycles. The van der Waals surface area contributed by atoms with E-state index in [4.69, 9.17) is 14.2 Å². The fraction of sp³-hybridized carbons (Fsp3) is 0.733. The van der Waals surface area contributed by atoms with E-state index in [-0.39, 0.29) is 12.2 Å². The van der Waals surface area contributed by atoms with Gasteiger partial charge in [-0.1, -0.05) is 13.3 Å². The van der Waals surface area contributed by atoms with E-state index in [9.17, 15) is 0 Å². The maximum atomic E-state index is 6.04. The highest BCUT2D eigenvalue weighted by Gasteiger charge is 2.28. The van der Waals surface area contributed by atoms with Gasteiger partial charge in [-0.3, -0.25) is 0 Å². The van der Waals surface area contributed by atoms with Gasteiger partial charge in [0.2, 0.25) is 0 Å². The molecule has 1 fully saturated rings. The number of hydrogen-bond donors (Lipinski definition) is 1. The average Bonchev–Trinajstić information content (AvgIpc) is 3.12. The van der Waals surface area contributed by atoms with Crippen molar-refractivity contribution < 1.29 is 14.2 Å². The molecule has 0 aromatic carbocycles. The second kappa shape index (κ2) is 8.46. The van der Waals surface area contributed by atoms with Crippen LogP contribution in [0.3, 0.4) is 0 Å². The highest BCUT2D eigenvalue weighted by molar-refractivity contribution is 6.39. The van der Waals surface area contributed by atoms with Crippen LogP contribution in [-0.2, 0) is 14.2 Å². The number of H-pyrrole nitrogens is 1. The number of hydrogen-bond acceptors (Lipinski definition) is 4. The Kier molecular flexibility index (Phi) is 6.60. The number of rotatable bonds is 9. The maximum Gasteiger partial charge on any atom is 0.166 e. The molecule has 118 valence electrons. The van der Waals surface area contributed by atoms with Crippen molar-refractivity contribution in [2.45, 2.75) is 51.7 Å². The zero-order chi connectivity index (χ0) is 15.1. The lowest BCUT2D eigenvalue weighted by atomic mass is 10.1. The third-order valence-electron chi connectivity index (χ3n) is 3.58. The van der Waals surface area contributed by atoms with Crippen molar-refractivity contribution in [3.8, 4) is 0 Å². The van der Waals surface area contributed by atoms with E-state index in [2.05, 4.69) is 16.9 Å². The summed E-state index contributed by atoms with van der Waals surface area (Å²) < 4.78 is 17.2. The van der Waals surface area contributed by atoms with Crippen LogP contribution >= 0.6 is 0 Å². The topological polar surface area (TPSA) is 56.4 Å². The number of nitrogens with one attached hydrogen (secondary N) is 1. The molecule has 0 aliphatic carbocycles. The Morgan fingerprint density at radius 2 is 2.33 bits per heavy atom. The molecular weight excluding hydrogens is 284 g/mol. The third kappa shape index (κ3) is 4.76. The van der Waals surface area contributed by atoms with Crippen molar-refractivity contribution >= 4 is 15.2 Å². The van der Waals surface area contributed by atoms with E-state index < -0.39 is 0 Å². The molecule has 0 radical (unpaired) electrons. The zero-order valence-electron chi connectivity index (χ0n) is 13.1. The smallest absolute Gasteiger partial charge is 0.166 e. The molecule has 0 bridgehead atoms. The maximum absolute atomic E-state index is 6.04. The van der Waals surface area contributed by atoms with Crippen molar-refractivity contribution in [3.63, 3.8) is 0 Å². The summed E-state index contributed by atoms with van der Waals surface area (Å²) in [6.45, 7) is 6.33. The van der Waals surface area contributed by atoms with E-state index in [1.807, 2.05) is 13.1 Å². The Morgan fingerprint density at radius 3 is 3.10 bits per heavy atom. The first kappa shape index (κ1) is 16.4. The largest absolute Gasteiger partial charge is 0.497 e. The third-order valence-corrected chi connectivity index (χ3v) is 4.12. The van der Waals surface area contributed by atoms with Crippen molar-refractivity contribution in [2.75, 3.05) is 19.8 Å². The lowest BCUT2D eigenvalue weighted by molar-refractivity contribution is -0.0173. The summed E-state index contributed by atoms with van der Waals surface area (Å²) in [5, 5.41) is 0.848. The number of unbranched alkanes of at least 4 members (excludes halogenated alkanes) is 1. The number of nitrogens with zero attached hydrogens (tertiary/aromatic N) is 1. The first-order valence-electron chi connectivity index (χ1n) is 7.84. The minimum Gasteiger partial charge on any atom is -0.497 e. The molecule has 2 rings (SSSR count). The van der Waals surface area contributed by atoms with Crippen molar-refractivity contribution in [1.82, 2.24) is 9.97 Å². The second-order valence-corrected chi connectivity index (χ2v) is 5.94. The van der Waals surface area contributed by atoms with Gasteiger partial charge in [-0.25, -0.2) is 4.98 Å². The highest BCUT2D eigenvalue weighted by Crippen LogP contribution is 2.31. The lowest BCUT2D eigenvalue weighted by Gasteiger charge is -2.13. The summed E-state index contributed by atoms with van der Waals surface area (Å²) in [6, 6.07) is 0. The van der Waals surface area contributed by atoms with E-state index in [1.54, 1.807) is 9.85 Å². The standard InChI is InChI=1S/C15H26N2O3Si/c1-3-5-8-18-10-11-6-7-13(20-11)12-9-16-14(17-12)15(21)19-4-2/h9,11,13H,3-8,10,21H2,1-2H3,(H,16,17)/t11-,13+/m0/s1. The fourth-order valence-corrected chi connectivity index (χ4v) is 2.79. The Bertz CT molecular complexity index is 450. The van der Waals surface area contributed by atoms with Gasteiger partial charge in [-0.15, -0.1) is 0 Å². The molecule has 1 aliphatic rings. The molecule has 0 spiro atoms. The Balaban J connectivity index is 1.80. The van der Waals surface area contributed by atoms with Gasteiger partial charge in [0, 0.05) is 16.5 Å². The van der Waals surface area contributed by atoms with Gasteiger partial charge in [0.1, 0.15) is 5.35 Å². The van der Waals surface area contributed by atoms with E-state index in [0.717, 1.165) is 42.7 Å². The molecule has 0 unspecified atom stereocenters. The van der Waals surface area contributed by atoms with E-state index in [0.29, 0.717) is 13.2 Å². The van der Waals surface area contributed by atoms with Crippen LogP contribution in [-0.4, -0.2) is 51.1 Å². The minimum atomic E-state index is 0.101. The summed E-state index contributed by atoms with van der Waals surface area (Å²) in [5.41, 5.74) is 1.03. The van der Waals surface area contributed by atoms with E-state index in [1.165, 1.54) is 6.42 Å². The molecule has 1 aromatic rings. The molecule has 2 atom stereocenters. The van der Waals surface area contributed by atoms with Gasteiger partial charge in [-0.05, 0) is 26.2 Å². The zero-order valence-corrected chi connectivity index (χ0v) is 14.5. The number of aromatic amines is 1. The van der Waals surface area contributed by atoms with Gasteiger partial charge < -0.3 is 19.2 Å². The molecule has 1 aromatic heterocycles.